The van der Waals surface area contributed by atoms with Crippen molar-refractivity contribution < 1.29 is 4.39 Å². The number of hydrogen-bond donors (Lipinski definition) is 1. The Morgan fingerprint density at radius 1 is 1.36 bits per heavy atom. The molecule has 1 aromatic carbocycles. The van der Waals surface area contributed by atoms with Gasteiger partial charge < -0.3 is 5.73 Å². The first kappa shape index (κ1) is 11.5. The summed E-state index contributed by atoms with van der Waals surface area (Å²) in [4.78, 5) is 0.684. The molecule has 0 bridgehead atoms. The number of benzene rings is 1. The van der Waals surface area contributed by atoms with Gasteiger partial charge >= 0.3 is 0 Å². The maximum atomic E-state index is 13.2. The molecule has 1 aromatic rings. The average molecular weight is 213 g/mol. The number of thioether (sulfide) groups is 1. The second kappa shape index (κ2) is 5.37. The zero-order valence-corrected chi connectivity index (χ0v) is 9.35. The molecule has 1 rings (SSSR count). The minimum absolute atomic E-state index is 0.125. The lowest BCUT2D eigenvalue weighted by Crippen LogP contribution is -2.28. The summed E-state index contributed by atoms with van der Waals surface area (Å²) in [6.07, 6.45) is 0. The van der Waals surface area contributed by atoms with Crippen molar-refractivity contribution in [2.75, 3.05) is 5.75 Å². The quantitative estimate of drug-likeness (QED) is 0.778. The Morgan fingerprint density at radius 3 is 2.57 bits per heavy atom. The highest BCUT2D eigenvalue weighted by Crippen LogP contribution is 2.22. The summed E-state index contributed by atoms with van der Waals surface area (Å²) in [5.41, 5.74) is 5.87. The van der Waals surface area contributed by atoms with Crippen LogP contribution in [0.3, 0.4) is 0 Å². The molecule has 0 radical (unpaired) electrons. The maximum Gasteiger partial charge on any atom is 0.136 e. The van der Waals surface area contributed by atoms with Gasteiger partial charge in [0.25, 0.3) is 0 Å². The normalized spacial score (nSPS) is 13.2. The average Bonchev–Trinajstić information content (AvgIpc) is 2.16. The van der Waals surface area contributed by atoms with Gasteiger partial charge in [0.1, 0.15) is 5.82 Å². The Hall–Kier alpha value is -0.540. The molecule has 2 N–H and O–H groups in total. The van der Waals surface area contributed by atoms with E-state index in [1.807, 2.05) is 6.07 Å². The molecule has 0 amide bonds. The molecule has 0 fully saturated rings. The molecule has 1 unspecified atom stereocenters. The first-order valence-corrected chi connectivity index (χ1v) is 5.72. The van der Waals surface area contributed by atoms with Crippen LogP contribution in [-0.4, -0.2) is 11.8 Å². The molecule has 0 aromatic heterocycles. The van der Waals surface area contributed by atoms with Crippen LogP contribution in [0, 0.1) is 11.7 Å². The largest absolute Gasteiger partial charge is 0.327 e. The van der Waals surface area contributed by atoms with Crippen molar-refractivity contribution in [3.63, 3.8) is 0 Å². The van der Waals surface area contributed by atoms with E-state index in [0.29, 0.717) is 10.8 Å². The second-order valence-electron chi connectivity index (χ2n) is 3.65. The van der Waals surface area contributed by atoms with Crippen molar-refractivity contribution in [2.24, 2.45) is 11.7 Å². The fourth-order valence-electron chi connectivity index (χ4n) is 0.940. The van der Waals surface area contributed by atoms with Crippen molar-refractivity contribution in [1.29, 1.82) is 0 Å². The highest BCUT2D eigenvalue weighted by Gasteiger charge is 2.09. The van der Waals surface area contributed by atoms with Crippen molar-refractivity contribution in [3.8, 4) is 0 Å². The van der Waals surface area contributed by atoms with E-state index in [-0.39, 0.29) is 11.9 Å². The molecule has 0 aliphatic carbocycles. The minimum atomic E-state index is -0.159. The Balaban J connectivity index is 2.50. The molecule has 0 aliphatic rings. The molecule has 0 spiro atoms. The number of hydrogen-bond acceptors (Lipinski definition) is 2. The zero-order valence-electron chi connectivity index (χ0n) is 8.53. The van der Waals surface area contributed by atoms with E-state index in [1.165, 1.54) is 17.8 Å². The molecule has 0 saturated carbocycles. The monoisotopic (exact) mass is 213 g/mol. The first-order valence-electron chi connectivity index (χ1n) is 4.74. The Bertz CT molecular complexity index is 288. The Kier molecular flexibility index (Phi) is 4.42. The zero-order chi connectivity index (χ0) is 10.6. The van der Waals surface area contributed by atoms with Crippen molar-refractivity contribution in [2.45, 2.75) is 24.8 Å². The van der Waals surface area contributed by atoms with Crippen LogP contribution in [0.15, 0.2) is 29.2 Å². The van der Waals surface area contributed by atoms with Crippen LogP contribution in [0.4, 0.5) is 4.39 Å². The van der Waals surface area contributed by atoms with Crippen molar-refractivity contribution >= 4 is 11.8 Å². The van der Waals surface area contributed by atoms with Gasteiger partial charge in [0.05, 0.1) is 0 Å². The summed E-state index contributed by atoms with van der Waals surface area (Å²) >= 11 is 1.48. The SMILES string of the molecule is CC(C)C(N)CSc1ccccc1F. The summed E-state index contributed by atoms with van der Waals surface area (Å²) in [7, 11) is 0. The molecule has 1 atom stereocenters. The molecular formula is C11H16FNS. The van der Waals surface area contributed by atoms with E-state index in [4.69, 9.17) is 5.73 Å². The molecule has 1 nitrogen and oxygen atoms in total. The van der Waals surface area contributed by atoms with Crippen LogP contribution in [0.2, 0.25) is 0 Å². The first-order chi connectivity index (χ1) is 6.61. The molecule has 0 saturated heterocycles. The van der Waals surface area contributed by atoms with Gasteiger partial charge in [0.2, 0.25) is 0 Å². The van der Waals surface area contributed by atoms with E-state index < -0.39 is 0 Å². The summed E-state index contributed by atoms with van der Waals surface area (Å²) in [6, 6.07) is 6.92. The summed E-state index contributed by atoms with van der Waals surface area (Å²) < 4.78 is 13.2. The van der Waals surface area contributed by atoms with Crippen LogP contribution < -0.4 is 5.73 Å². The molecule has 0 aliphatic heterocycles. The third-order valence-corrected chi connectivity index (χ3v) is 3.32. The van der Waals surface area contributed by atoms with Crippen LogP contribution in [0.5, 0.6) is 0 Å². The maximum absolute atomic E-state index is 13.2. The van der Waals surface area contributed by atoms with Gasteiger partial charge in [-0.2, -0.15) is 0 Å². The van der Waals surface area contributed by atoms with E-state index in [0.717, 1.165) is 5.75 Å². The van der Waals surface area contributed by atoms with Crippen molar-refractivity contribution in [3.05, 3.63) is 30.1 Å². The fraction of sp³-hybridized carbons (Fsp3) is 0.455. The van der Waals surface area contributed by atoms with Gasteiger partial charge in [0, 0.05) is 16.7 Å². The molecule has 14 heavy (non-hydrogen) atoms. The standard InChI is InChI=1S/C11H16FNS/c1-8(2)10(13)7-14-11-6-4-3-5-9(11)12/h3-6,8,10H,7,13H2,1-2H3. The topological polar surface area (TPSA) is 26.0 Å². The third kappa shape index (κ3) is 3.31. The van der Waals surface area contributed by atoms with Crippen molar-refractivity contribution in [1.82, 2.24) is 0 Å². The minimum Gasteiger partial charge on any atom is -0.327 e. The van der Waals surface area contributed by atoms with Gasteiger partial charge in [0.15, 0.2) is 0 Å². The lowest BCUT2D eigenvalue weighted by molar-refractivity contribution is 0.535. The lowest BCUT2D eigenvalue weighted by Gasteiger charge is -2.14. The van der Waals surface area contributed by atoms with Gasteiger partial charge in [-0.15, -0.1) is 11.8 Å². The summed E-state index contributed by atoms with van der Waals surface area (Å²) in [5, 5.41) is 0. The summed E-state index contributed by atoms with van der Waals surface area (Å²) in [5.74, 6) is 1.04. The predicted molar refractivity (Wildman–Crippen MR) is 59.9 cm³/mol. The van der Waals surface area contributed by atoms with Crippen LogP contribution in [0.25, 0.3) is 0 Å². The van der Waals surface area contributed by atoms with Crippen LogP contribution >= 0.6 is 11.8 Å². The van der Waals surface area contributed by atoms with E-state index in [9.17, 15) is 4.39 Å². The van der Waals surface area contributed by atoms with Gasteiger partial charge in [-0.3, -0.25) is 0 Å². The smallest absolute Gasteiger partial charge is 0.136 e. The lowest BCUT2D eigenvalue weighted by atomic mass is 10.1. The van der Waals surface area contributed by atoms with E-state index >= 15 is 0 Å². The Labute approximate surface area is 88.9 Å². The van der Waals surface area contributed by atoms with Crippen LogP contribution in [0.1, 0.15) is 13.8 Å². The second-order valence-corrected chi connectivity index (χ2v) is 4.71. The highest BCUT2D eigenvalue weighted by molar-refractivity contribution is 7.99. The number of nitrogens with two attached hydrogens (primary N) is 1. The van der Waals surface area contributed by atoms with Gasteiger partial charge in [-0.05, 0) is 18.1 Å². The predicted octanol–water partition coefficient (Wildman–Crippen LogP) is 2.90. The number of rotatable bonds is 4. The van der Waals surface area contributed by atoms with Gasteiger partial charge in [-0.25, -0.2) is 4.39 Å². The Morgan fingerprint density at radius 2 is 2.00 bits per heavy atom. The molecule has 78 valence electrons. The molecule has 3 heteroatoms. The van der Waals surface area contributed by atoms with Gasteiger partial charge in [-0.1, -0.05) is 26.0 Å². The van der Waals surface area contributed by atoms with Crippen LogP contribution in [-0.2, 0) is 0 Å². The third-order valence-electron chi connectivity index (χ3n) is 2.12. The van der Waals surface area contributed by atoms with E-state index in [1.54, 1.807) is 12.1 Å². The summed E-state index contributed by atoms with van der Waals surface area (Å²) in [6.45, 7) is 4.15. The number of halogens is 1. The highest BCUT2D eigenvalue weighted by atomic mass is 32.2. The molecular weight excluding hydrogens is 197 g/mol. The molecule has 0 heterocycles. The van der Waals surface area contributed by atoms with E-state index in [2.05, 4.69) is 13.8 Å². The fourth-order valence-corrected chi connectivity index (χ4v) is 2.08.